The monoisotopic (exact) mass is 354 g/mol. The van der Waals surface area contributed by atoms with E-state index in [1.807, 2.05) is 24.5 Å². The first-order chi connectivity index (χ1) is 12.7. The molecule has 0 aliphatic carbocycles. The Balaban J connectivity index is 1.53. The standard InChI is InChI=1S/C18H22N6O2/c25-18(23-26)4-3-15-10-21-17(11-20-15)22-16-2-1-9-24(13-16)12-14-5-7-19-8-6-14/h3-8,10-11,16,26H,1-2,9,12-13H2,(H,21,22)(H,23,25)/b4-3+. The van der Waals surface area contributed by atoms with Crippen molar-refractivity contribution in [2.24, 2.45) is 0 Å². The molecule has 1 fully saturated rings. The number of rotatable bonds is 6. The van der Waals surface area contributed by atoms with Gasteiger partial charge in [0.05, 0.1) is 18.1 Å². The van der Waals surface area contributed by atoms with Crippen molar-refractivity contribution in [1.82, 2.24) is 25.3 Å². The van der Waals surface area contributed by atoms with Crippen molar-refractivity contribution in [2.45, 2.75) is 25.4 Å². The summed E-state index contributed by atoms with van der Waals surface area (Å²) in [6.07, 6.45) is 11.8. The molecular formula is C18H22N6O2. The molecule has 136 valence electrons. The van der Waals surface area contributed by atoms with Crippen LogP contribution in [0.15, 0.2) is 43.0 Å². The third-order valence-corrected chi connectivity index (χ3v) is 4.20. The molecule has 2 aromatic rings. The molecule has 1 unspecified atom stereocenters. The molecule has 3 rings (SSSR count). The summed E-state index contributed by atoms with van der Waals surface area (Å²) in [4.78, 5) is 26.0. The fourth-order valence-electron chi connectivity index (χ4n) is 2.97. The molecule has 8 heteroatoms. The van der Waals surface area contributed by atoms with Gasteiger partial charge in [-0.05, 0) is 43.2 Å². The van der Waals surface area contributed by atoms with Gasteiger partial charge in [0, 0.05) is 37.6 Å². The number of carbonyl (C=O) groups excluding carboxylic acids is 1. The second kappa shape index (κ2) is 9.02. The highest BCUT2D eigenvalue weighted by Gasteiger charge is 2.20. The molecule has 0 saturated carbocycles. The second-order valence-electron chi connectivity index (χ2n) is 6.21. The smallest absolute Gasteiger partial charge is 0.267 e. The van der Waals surface area contributed by atoms with E-state index in [1.54, 1.807) is 12.4 Å². The number of nitrogens with one attached hydrogen (secondary N) is 2. The largest absolute Gasteiger partial charge is 0.365 e. The van der Waals surface area contributed by atoms with Crippen LogP contribution in [0.4, 0.5) is 5.82 Å². The van der Waals surface area contributed by atoms with Gasteiger partial charge in [-0.25, -0.2) is 10.5 Å². The Bertz CT molecular complexity index is 735. The minimum atomic E-state index is -0.606. The highest BCUT2D eigenvalue weighted by molar-refractivity contribution is 5.90. The number of hydrogen-bond donors (Lipinski definition) is 3. The lowest BCUT2D eigenvalue weighted by molar-refractivity contribution is -0.124. The first-order valence-corrected chi connectivity index (χ1v) is 8.55. The predicted molar refractivity (Wildman–Crippen MR) is 97.2 cm³/mol. The summed E-state index contributed by atoms with van der Waals surface area (Å²) < 4.78 is 0. The van der Waals surface area contributed by atoms with Gasteiger partial charge in [-0.15, -0.1) is 0 Å². The number of piperidine rings is 1. The average molecular weight is 354 g/mol. The van der Waals surface area contributed by atoms with Crippen molar-refractivity contribution < 1.29 is 10.0 Å². The third-order valence-electron chi connectivity index (χ3n) is 4.20. The summed E-state index contributed by atoms with van der Waals surface area (Å²) in [5.41, 5.74) is 3.34. The molecule has 1 saturated heterocycles. The van der Waals surface area contributed by atoms with E-state index in [1.165, 1.54) is 23.2 Å². The number of pyridine rings is 1. The second-order valence-corrected chi connectivity index (χ2v) is 6.21. The molecule has 2 aromatic heterocycles. The van der Waals surface area contributed by atoms with Gasteiger partial charge >= 0.3 is 0 Å². The molecule has 0 bridgehead atoms. The van der Waals surface area contributed by atoms with Gasteiger partial charge in [-0.3, -0.25) is 24.9 Å². The number of amides is 1. The van der Waals surface area contributed by atoms with Crippen LogP contribution in [-0.4, -0.2) is 50.1 Å². The summed E-state index contributed by atoms with van der Waals surface area (Å²) >= 11 is 0. The van der Waals surface area contributed by atoms with Gasteiger partial charge in [0.15, 0.2) is 0 Å². The van der Waals surface area contributed by atoms with Crippen LogP contribution in [0.3, 0.4) is 0 Å². The van der Waals surface area contributed by atoms with E-state index < -0.39 is 5.91 Å². The maximum atomic E-state index is 11.0. The van der Waals surface area contributed by atoms with Gasteiger partial charge < -0.3 is 5.32 Å². The zero-order chi connectivity index (χ0) is 18.2. The molecule has 1 aliphatic heterocycles. The zero-order valence-corrected chi connectivity index (χ0v) is 14.4. The molecule has 3 heterocycles. The van der Waals surface area contributed by atoms with Gasteiger partial charge in [0.2, 0.25) is 0 Å². The summed E-state index contributed by atoms with van der Waals surface area (Å²) in [7, 11) is 0. The maximum Gasteiger partial charge on any atom is 0.267 e. The van der Waals surface area contributed by atoms with Gasteiger partial charge in [-0.1, -0.05) is 0 Å². The lowest BCUT2D eigenvalue weighted by atomic mass is 10.0. The van der Waals surface area contributed by atoms with Crippen molar-refractivity contribution in [3.63, 3.8) is 0 Å². The van der Waals surface area contributed by atoms with E-state index in [0.29, 0.717) is 17.6 Å². The van der Waals surface area contributed by atoms with Gasteiger partial charge in [0.25, 0.3) is 5.91 Å². The lowest BCUT2D eigenvalue weighted by Crippen LogP contribution is -2.41. The SMILES string of the molecule is O=C(/C=C/c1cnc(NC2CCCN(Cc3ccncc3)C2)cn1)NO. The minimum absolute atomic E-state index is 0.321. The normalized spacial score (nSPS) is 18.0. The van der Waals surface area contributed by atoms with Crippen molar-refractivity contribution in [2.75, 3.05) is 18.4 Å². The number of anilines is 1. The van der Waals surface area contributed by atoms with Crippen molar-refractivity contribution >= 4 is 17.8 Å². The maximum absolute atomic E-state index is 11.0. The van der Waals surface area contributed by atoms with Crippen LogP contribution in [-0.2, 0) is 11.3 Å². The number of carbonyl (C=O) groups is 1. The Hall–Kier alpha value is -2.84. The molecule has 0 spiro atoms. The lowest BCUT2D eigenvalue weighted by Gasteiger charge is -2.33. The quantitative estimate of drug-likeness (QED) is 0.410. The van der Waals surface area contributed by atoms with Crippen molar-refractivity contribution in [3.05, 3.63) is 54.3 Å². The summed E-state index contributed by atoms with van der Waals surface area (Å²) in [5.74, 6) is 0.106. The first kappa shape index (κ1) is 18.0. The summed E-state index contributed by atoms with van der Waals surface area (Å²) in [6.45, 7) is 2.95. The number of nitrogens with zero attached hydrogens (tertiary/aromatic N) is 4. The van der Waals surface area contributed by atoms with E-state index in [4.69, 9.17) is 5.21 Å². The van der Waals surface area contributed by atoms with Crippen LogP contribution in [0.2, 0.25) is 0 Å². The third kappa shape index (κ3) is 5.33. The van der Waals surface area contributed by atoms with Crippen molar-refractivity contribution in [1.29, 1.82) is 0 Å². The van der Waals surface area contributed by atoms with E-state index in [9.17, 15) is 4.79 Å². The Morgan fingerprint density at radius 1 is 1.31 bits per heavy atom. The highest BCUT2D eigenvalue weighted by Crippen LogP contribution is 2.16. The van der Waals surface area contributed by atoms with E-state index in [2.05, 4.69) is 25.2 Å². The van der Waals surface area contributed by atoms with Gasteiger partial charge in [0.1, 0.15) is 5.82 Å². The molecule has 8 nitrogen and oxygen atoms in total. The Labute approximate surface area is 152 Å². The predicted octanol–water partition coefficient (Wildman–Crippen LogP) is 1.47. The molecular weight excluding hydrogens is 332 g/mol. The fraction of sp³-hybridized carbons (Fsp3) is 0.333. The molecule has 1 atom stereocenters. The van der Waals surface area contributed by atoms with Crippen LogP contribution in [0.5, 0.6) is 0 Å². The Morgan fingerprint density at radius 3 is 2.88 bits per heavy atom. The highest BCUT2D eigenvalue weighted by atomic mass is 16.5. The number of likely N-dealkylation sites (tertiary alicyclic amines) is 1. The topological polar surface area (TPSA) is 103 Å². The number of hydroxylamine groups is 1. The number of aromatic nitrogens is 3. The van der Waals surface area contributed by atoms with E-state index in [0.717, 1.165) is 32.5 Å². The average Bonchev–Trinajstić information content (AvgIpc) is 2.68. The van der Waals surface area contributed by atoms with Crippen LogP contribution >= 0.6 is 0 Å². The minimum Gasteiger partial charge on any atom is -0.365 e. The van der Waals surface area contributed by atoms with Crippen LogP contribution in [0.1, 0.15) is 24.1 Å². The van der Waals surface area contributed by atoms with Crippen LogP contribution in [0, 0.1) is 0 Å². The molecule has 0 radical (unpaired) electrons. The van der Waals surface area contributed by atoms with E-state index >= 15 is 0 Å². The first-order valence-electron chi connectivity index (χ1n) is 8.55. The Morgan fingerprint density at radius 2 is 2.15 bits per heavy atom. The molecule has 1 amide bonds. The molecule has 3 N–H and O–H groups in total. The summed E-state index contributed by atoms with van der Waals surface area (Å²) in [5, 5.41) is 11.9. The number of hydrogen-bond acceptors (Lipinski definition) is 7. The zero-order valence-electron chi connectivity index (χ0n) is 14.4. The Kier molecular flexibility index (Phi) is 6.24. The van der Waals surface area contributed by atoms with E-state index in [-0.39, 0.29) is 0 Å². The van der Waals surface area contributed by atoms with Crippen molar-refractivity contribution in [3.8, 4) is 0 Å². The fourth-order valence-corrected chi connectivity index (χ4v) is 2.97. The van der Waals surface area contributed by atoms with Crippen LogP contribution < -0.4 is 10.8 Å². The molecule has 26 heavy (non-hydrogen) atoms. The van der Waals surface area contributed by atoms with Gasteiger partial charge in [-0.2, -0.15) is 0 Å². The molecule has 1 aliphatic rings. The van der Waals surface area contributed by atoms with Crippen LogP contribution in [0.25, 0.3) is 6.08 Å². The molecule has 0 aromatic carbocycles. The summed E-state index contributed by atoms with van der Waals surface area (Å²) in [6, 6.07) is 4.42.